The number of aliphatic imine (C=N–C) groups is 1. The Balaban J connectivity index is 3.04. The first-order valence-electron chi connectivity index (χ1n) is 3.10. The maximum atomic E-state index is 13.4. The largest absolute Gasteiger partial charge is 0.243 e. The molecule has 0 saturated heterocycles. The number of isocyanates is 1. The van der Waals surface area contributed by atoms with E-state index in [-0.39, 0.29) is 0 Å². The van der Waals surface area contributed by atoms with Crippen LogP contribution in [0.1, 0.15) is 11.8 Å². The second-order valence-corrected chi connectivity index (χ2v) is 4.72. The normalized spacial score (nSPS) is 14.9. The molecule has 1 unspecified atom stereocenters. The first kappa shape index (κ1) is 9.58. The third-order valence-corrected chi connectivity index (χ3v) is 3.09. The van der Waals surface area contributed by atoms with E-state index in [1.165, 1.54) is 24.3 Å². The Bertz CT molecular complexity index is 330. The molecular weight excluding hydrogens is 245 g/mol. The summed E-state index contributed by atoms with van der Waals surface area (Å²) in [7, 11) is 0. The van der Waals surface area contributed by atoms with Gasteiger partial charge < -0.3 is 0 Å². The smallest absolute Gasteiger partial charge is 0.211 e. The fourth-order valence-electron chi connectivity index (χ4n) is 0.700. The summed E-state index contributed by atoms with van der Waals surface area (Å²) < 4.78 is 14.2. The van der Waals surface area contributed by atoms with Gasteiger partial charge in [-0.3, -0.25) is 0 Å². The molecule has 1 rings (SSSR count). The van der Waals surface area contributed by atoms with Crippen LogP contribution in [-0.4, -0.2) is 6.08 Å². The molecule has 0 aliphatic heterocycles. The highest BCUT2D eigenvalue weighted by Crippen LogP contribution is 2.34. The van der Waals surface area contributed by atoms with Gasteiger partial charge in [-0.2, -0.15) is 4.99 Å². The summed E-state index contributed by atoms with van der Waals surface area (Å²) in [5.74, 6) is -1.95. The van der Waals surface area contributed by atoms with Crippen LogP contribution < -0.4 is 0 Å². The molecule has 64 valence electrons. The number of hydrogen-bond donors (Lipinski definition) is 0. The summed E-state index contributed by atoms with van der Waals surface area (Å²) in [6, 6.07) is 3.29. The van der Waals surface area contributed by atoms with Crippen molar-refractivity contribution in [2.45, 2.75) is 12.7 Å². The summed E-state index contributed by atoms with van der Waals surface area (Å²) in [6.45, 7) is 1.22. The van der Waals surface area contributed by atoms with E-state index in [9.17, 15) is 9.18 Å². The summed E-state index contributed by atoms with van der Waals surface area (Å²) in [5, 5.41) is 0. The second kappa shape index (κ2) is 3.47. The minimum absolute atomic E-state index is 0.387. The van der Waals surface area contributed by atoms with Gasteiger partial charge in [-0.05, 0) is 35.0 Å². The predicted molar refractivity (Wildman–Crippen MR) is 48.6 cm³/mol. The first-order valence-corrected chi connectivity index (χ1v) is 4.71. The minimum Gasteiger partial charge on any atom is -0.211 e. The van der Waals surface area contributed by atoms with Crippen molar-refractivity contribution in [1.29, 1.82) is 0 Å². The average Bonchev–Trinajstić information content (AvgIpc) is 2.36. The van der Waals surface area contributed by atoms with Crippen molar-refractivity contribution in [1.82, 2.24) is 0 Å². The zero-order valence-corrected chi connectivity index (χ0v) is 8.58. The van der Waals surface area contributed by atoms with Crippen molar-refractivity contribution in [3.63, 3.8) is 0 Å². The lowest BCUT2D eigenvalue weighted by molar-refractivity contribution is 0.211. The molecule has 1 aromatic rings. The Morgan fingerprint density at radius 1 is 1.75 bits per heavy atom. The predicted octanol–water partition coefficient (Wildman–Crippen LogP) is 2.99. The molecule has 0 saturated carbocycles. The summed E-state index contributed by atoms with van der Waals surface area (Å²) >= 11 is 4.39. The molecular formula is C7H5BrFNOS. The van der Waals surface area contributed by atoms with Gasteiger partial charge in [-0.15, -0.1) is 11.3 Å². The van der Waals surface area contributed by atoms with Crippen molar-refractivity contribution in [3.05, 3.63) is 20.8 Å². The van der Waals surface area contributed by atoms with E-state index in [4.69, 9.17) is 0 Å². The van der Waals surface area contributed by atoms with Gasteiger partial charge in [-0.25, -0.2) is 9.18 Å². The fourth-order valence-corrected chi connectivity index (χ4v) is 2.07. The fraction of sp³-hybridized carbons (Fsp3) is 0.286. The molecule has 0 spiro atoms. The van der Waals surface area contributed by atoms with Crippen molar-refractivity contribution in [3.8, 4) is 0 Å². The third-order valence-electron chi connectivity index (χ3n) is 1.28. The van der Waals surface area contributed by atoms with Gasteiger partial charge in [0, 0.05) is 0 Å². The summed E-state index contributed by atoms with van der Waals surface area (Å²) in [4.78, 5) is 13.3. The second-order valence-electron chi connectivity index (χ2n) is 2.26. The van der Waals surface area contributed by atoms with E-state index < -0.39 is 5.79 Å². The molecule has 1 aromatic heterocycles. The van der Waals surface area contributed by atoms with Crippen molar-refractivity contribution in [2.75, 3.05) is 0 Å². The van der Waals surface area contributed by atoms with E-state index in [0.717, 1.165) is 3.79 Å². The summed E-state index contributed by atoms with van der Waals surface area (Å²) in [6.07, 6.45) is 1.21. The van der Waals surface area contributed by atoms with Crippen LogP contribution in [0, 0.1) is 0 Å². The molecule has 0 aliphatic rings. The van der Waals surface area contributed by atoms with Gasteiger partial charge in [-0.1, -0.05) is 0 Å². The summed E-state index contributed by atoms with van der Waals surface area (Å²) in [5.41, 5.74) is 0. The van der Waals surface area contributed by atoms with E-state index in [0.29, 0.717) is 4.88 Å². The Morgan fingerprint density at radius 3 is 2.83 bits per heavy atom. The van der Waals surface area contributed by atoms with Crippen LogP contribution in [-0.2, 0) is 10.6 Å². The maximum absolute atomic E-state index is 13.4. The number of alkyl halides is 1. The number of thiophene rings is 1. The van der Waals surface area contributed by atoms with Crippen LogP contribution in [0.25, 0.3) is 0 Å². The lowest BCUT2D eigenvalue weighted by Gasteiger charge is -2.08. The van der Waals surface area contributed by atoms with Crippen molar-refractivity contribution in [2.24, 2.45) is 4.99 Å². The van der Waals surface area contributed by atoms with E-state index in [1.807, 2.05) is 0 Å². The van der Waals surface area contributed by atoms with E-state index in [2.05, 4.69) is 20.9 Å². The van der Waals surface area contributed by atoms with Gasteiger partial charge in [0.15, 0.2) is 0 Å². The van der Waals surface area contributed by atoms with E-state index >= 15 is 0 Å². The van der Waals surface area contributed by atoms with E-state index in [1.54, 1.807) is 12.1 Å². The van der Waals surface area contributed by atoms with Crippen LogP contribution in [0.2, 0.25) is 0 Å². The first-order chi connectivity index (χ1) is 5.56. The van der Waals surface area contributed by atoms with Gasteiger partial charge >= 0.3 is 0 Å². The number of nitrogens with zero attached hydrogens (tertiary/aromatic N) is 1. The molecule has 0 aromatic carbocycles. The highest BCUT2D eigenvalue weighted by Gasteiger charge is 2.26. The topological polar surface area (TPSA) is 29.4 Å². The SMILES string of the molecule is CC(F)(N=C=O)c1ccc(Br)s1. The number of carbonyl (C=O) groups excluding carboxylic acids is 1. The minimum atomic E-state index is -1.95. The lowest BCUT2D eigenvalue weighted by Crippen LogP contribution is -2.08. The van der Waals surface area contributed by atoms with Crippen LogP contribution >= 0.6 is 27.3 Å². The molecule has 1 atom stereocenters. The molecule has 0 N–H and O–H groups in total. The highest BCUT2D eigenvalue weighted by molar-refractivity contribution is 9.11. The Morgan fingerprint density at radius 2 is 2.42 bits per heavy atom. The van der Waals surface area contributed by atoms with Gasteiger partial charge in [0.2, 0.25) is 11.9 Å². The van der Waals surface area contributed by atoms with Crippen molar-refractivity contribution < 1.29 is 9.18 Å². The zero-order chi connectivity index (χ0) is 9.19. The number of halogens is 2. The zero-order valence-electron chi connectivity index (χ0n) is 6.17. The number of hydrogen-bond acceptors (Lipinski definition) is 3. The van der Waals surface area contributed by atoms with Gasteiger partial charge in [0.25, 0.3) is 0 Å². The molecule has 0 amide bonds. The Labute approximate surface area is 81.3 Å². The van der Waals surface area contributed by atoms with Crippen LogP contribution in [0.5, 0.6) is 0 Å². The van der Waals surface area contributed by atoms with Gasteiger partial charge in [0.1, 0.15) is 0 Å². The molecule has 0 radical (unpaired) electrons. The average molecular weight is 250 g/mol. The molecule has 12 heavy (non-hydrogen) atoms. The monoisotopic (exact) mass is 249 g/mol. The number of rotatable bonds is 2. The quantitative estimate of drug-likeness (QED) is 0.450. The highest BCUT2D eigenvalue weighted by atomic mass is 79.9. The maximum Gasteiger partial charge on any atom is 0.243 e. The molecule has 0 aliphatic carbocycles. The van der Waals surface area contributed by atoms with Crippen molar-refractivity contribution >= 4 is 33.3 Å². The Kier molecular flexibility index (Phi) is 2.77. The molecule has 0 fully saturated rings. The van der Waals surface area contributed by atoms with Crippen LogP contribution in [0.4, 0.5) is 4.39 Å². The Hall–Kier alpha value is -0.510. The molecule has 2 nitrogen and oxygen atoms in total. The lowest BCUT2D eigenvalue weighted by atomic mass is 10.2. The van der Waals surface area contributed by atoms with Crippen LogP contribution in [0.15, 0.2) is 20.9 Å². The standard InChI is InChI=1S/C7H5BrFNOS/c1-7(9,10-4-11)5-2-3-6(8)12-5/h2-3H,1H3. The molecule has 0 bridgehead atoms. The van der Waals surface area contributed by atoms with Crippen LogP contribution in [0.3, 0.4) is 0 Å². The molecule has 5 heteroatoms. The molecule has 1 heterocycles. The third kappa shape index (κ3) is 2.00. The van der Waals surface area contributed by atoms with Gasteiger partial charge in [0.05, 0.1) is 8.66 Å².